The minimum Gasteiger partial charge on any atom is -0.309 e. The van der Waals surface area contributed by atoms with Crippen LogP contribution < -0.4 is 5.32 Å². The van der Waals surface area contributed by atoms with E-state index in [-0.39, 0.29) is 6.04 Å². The van der Waals surface area contributed by atoms with Crippen molar-refractivity contribution in [3.05, 3.63) is 35.2 Å². The minimum absolute atomic E-state index is 0.210. The highest BCUT2D eigenvalue weighted by molar-refractivity contribution is 7.92. The number of benzene rings is 1. The standard InChI is InChI=1S/C15H21NO2S2/c1-5-16-14(15(2,3)20(4,17)18)12-10-19-13-9-7-6-8-11(12)13/h6-10,14,16H,5H2,1-4H3. The van der Waals surface area contributed by atoms with Crippen molar-refractivity contribution in [3.8, 4) is 0 Å². The molecule has 5 heteroatoms. The number of thiophene rings is 1. The number of hydrogen-bond donors (Lipinski definition) is 1. The zero-order valence-electron chi connectivity index (χ0n) is 12.3. The summed E-state index contributed by atoms with van der Waals surface area (Å²) in [5.74, 6) is 0. The largest absolute Gasteiger partial charge is 0.309 e. The van der Waals surface area contributed by atoms with E-state index in [1.807, 2.05) is 19.1 Å². The van der Waals surface area contributed by atoms with Crippen molar-refractivity contribution in [2.75, 3.05) is 12.8 Å². The van der Waals surface area contributed by atoms with Gasteiger partial charge in [-0.05, 0) is 42.8 Å². The fraction of sp³-hybridized carbons (Fsp3) is 0.467. The summed E-state index contributed by atoms with van der Waals surface area (Å²) in [6.45, 7) is 6.32. The van der Waals surface area contributed by atoms with Crippen molar-refractivity contribution in [3.63, 3.8) is 0 Å². The van der Waals surface area contributed by atoms with Gasteiger partial charge in [-0.1, -0.05) is 25.1 Å². The molecule has 0 spiro atoms. The zero-order valence-corrected chi connectivity index (χ0v) is 13.9. The van der Waals surface area contributed by atoms with Crippen LogP contribution in [0.2, 0.25) is 0 Å². The van der Waals surface area contributed by atoms with E-state index in [2.05, 4.69) is 22.8 Å². The number of hydrogen-bond acceptors (Lipinski definition) is 4. The molecule has 1 aromatic carbocycles. The second-order valence-electron chi connectivity index (χ2n) is 5.55. The predicted molar refractivity (Wildman–Crippen MR) is 87.2 cm³/mol. The first-order valence-corrected chi connectivity index (χ1v) is 9.45. The topological polar surface area (TPSA) is 46.2 Å². The summed E-state index contributed by atoms with van der Waals surface area (Å²) in [7, 11) is -3.18. The molecule has 0 amide bonds. The number of sulfone groups is 1. The molecular weight excluding hydrogens is 290 g/mol. The fourth-order valence-corrected chi connectivity index (χ4v) is 4.00. The Balaban J connectivity index is 2.60. The Morgan fingerprint density at radius 2 is 1.95 bits per heavy atom. The van der Waals surface area contributed by atoms with Crippen LogP contribution in [0.4, 0.5) is 0 Å². The minimum atomic E-state index is -3.18. The Hall–Kier alpha value is -0.910. The lowest BCUT2D eigenvalue weighted by Gasteiger charge is -2.33. The van der Waals surface area contributed by atoms with Crippen molar-refractivity contribution in [2.24, 2.45) is 0 Å². The lowest BCUT2D eigenvalue weighted by atomic mass is 9.94. The van der Waals surface area contributed by atoms with Crippen molar-refractivity contribution < 1.29 is 8.42 Å². The molecule has 0 aliphatic heterocycles. The van der Waals surface area contributed by atoms with Crippen LogP contribution in [-0.4, -0.2) is 26.0 Å². The molecule has 0 radical (unpaired) electrons. The highest BCUT2D eigenvalue weighted by Gasteiger charge is 2.40. The van der Waals surface area contributed by atoms with E-state index in [1.54, 1.807) is 25.2 Å². The maximum Gasteiger partial charge on any atom is 0.154 e. The maximum absolute atomic E-state index is 12.2. The summed E-state index contributed by atoms with van der Waals surface area (Å²) >= 11 is 1.66. The van der Waals surface area contributed by atoms with Gasteiger partial charge in [-0.15, -0.1) is 11.3 Å². The molecule has 0 saturated heterocycles. The SMILES string of the molecule is CCNC(c1csc2ccccc12)C(C)(C)S(C)(=O)=O. The second kappa shape index (κ2) is 5.47. The summed E-state index contributed by atoms with van der Waals surface area (Å²) in [5.41, 5.74) is 1.07. The van der Waals surface area contributed by atoms with Gasteiger partial charge in [0.05, 0.1) is 10.8 Å². The molecule has 2 aromatic rings. The zero-order chi connectivity index (χ0) is 15.0. The Morgan fingerprint density at radius 3 is 2.55 bits per heavy atom. The maximum atomic E-state index is 12.2. The average Bonchev–Trinajstić information content (AvgIpc) is 2.78. The molecule has 20 heavy (non-hydrogen) atoms. The number of rotatable bonds is 5. The van der Waals surface area contributed by atoms with Gasteiger partial charge in [-0.3, -0.25) is 0 Å². The normalized spacial score (nSPS) is 14.6. The van der Waals surface area contributed by atoms with Gasteiger partial charge in [0.1, 0.15) is 0 Å². The summed E-state index contributed by atoms with van der Waals surface area (Å²) < 4.78 is 24.7. The van der Waals surface area contributed by atoms with Gasteiger partial charge in [-0.2, -0.15) is 0 Å². The third kappa shape index (κ3) is 2.62. The first-order chi connectivity index (χ1) is 9.29. The average molecular weight is 311 g/mol. The van der Waals surface area contributed by atoms with Gasteiger partial charge in [0.2, 0.25) is 0 Å². The lowest BCUT2D eigenvalue weighted by molar-refractivity contribution is 0.431. The van der Waals surface area contributed by atoms with E-state index in [1.165, 1.54) is 11.0 Å². The van der Waals surface area contributed by atoms with Crippen molar-refractivity contribution in [2.45, 2.75) is 31.6 Å². The fourth-order valence-electron chi connectivity index (χ4n) is 2.37. The number of fused-ring (bicyclic) bond motifs is 1. The van der Waals surface area contributed by atoms with Crippen LogP contribution in [0.25, 0.3) is 10.1 Å². The molecular formula is C15H21NO2S2. The van der Waals surface area contributed by atoms with Crippen molar-refractivity contribution >= 4 is 31.3 Å². The molecule has 1 aromatic heterocycles. The Labute approximate surface area is 124 Å². The molecule has 1 atom stereocenters. The van der Waals surface area contributed by atoms with Crippen LogP contribution in [-0.2, 0) is 9.84 Å². The molecule has 110 valence electrons. The molecule has 0 saturated carbocycles. The van der Waals surface area contributed by atoms with E-state index >= 15 is 0 Å². The van der Waals surface area contributed by atoms with Gasteiger partial charge in [0.15, 0.2) is 9.84 Å². The van der Waals surface area contributed by atoms with Crippen LogP contribution in [0.15, 0.2) is 29.6 Å². The summed E-state index contributed by atoms with van der Waals surface area (Å²) in [5, 5.41) is 6.56. The first kappa shape index (κ1) is 15.5. The van der Waals surface area contributed by atoms with E-state index in [9.17, 15) is 8.42 Å². The third-order valence-corrected chi connectivity index (χ3v) is 7.01. The third-order valence-electron chi connectivity index (χ3n) is 3.88. The quantitative estimate of drug-likeness (QED) is 0.921. The van der Waals surface area contributed by atoms with Gasteiger partial charge < -0.3 is 5.32 Å². The van der Waals surface area contributed by atoms with Crippen LogP contribution in [0.1, 0.15) is 32.4 Å². The van der Waals surface area contributed by atoms with Crippen LogP contribution in [0.3, 0.4) is 0 Å². The number of nitrogens with one attached hydrogen (secondary N) is 1. The summed E-state index contributed by atoms with van der Waals surface area (Å²) in [6, 6.07) is 7.92. The van der Waals surface area contributed by atoms with E-state index in [0.29, 0.717) is 0 Å². The molecule has 0 bridgehead atoms. The van der Waals surface area contributed by atoms with Crippen LogP contribution >= 0.6 is 11.3 Å². The summed E-state index contributed by atoms with van der Waals surface area (Å²) in [4.78, 5) is 0. The van der Waals surface area contributed by atoms with E-state index < -0.39 is 14.6 Å². The molecule has 1 heterocycles. The molecule has 2 rings (SSSR count). The second-order valence-corrected chi connectivity index (χ2v) is 9.06. The molecule has 3 nitrogen and oxygen atoms in total. The van der Waals surface area contributed by atoms with E-state index in [0.717, 1.165) is 17.5 Å². The van der Waals surface area contributed by atoms with Gasteiger partial charge in [0.25, 0.3) is 0 Å². The van der Waals surface area contributed by atoms with Crippen LogP contribution in [0.5, 0.6) is 0 Å². The molecule has 0 fully saturated rings. The Kier molecular flexibility index (Phi) is 4.23. The van der Waals surface area contributed by atoms with E-state index in [4.69, 9.17) is 0 Å². The Morgan fingerprint density at radius 1 is 1.30 bits per heavy atom. The highest BCUT2D eigenvalue weighted by Crippen LogP contribution is 2.38. The van der Waals surface area contributed by atoms with Crippen molar-refractivity contribution in [1.82, 2.24) is 5.32 Å². The first-order valence-electron chi connectivity index (χ1n) is 6.68. The highest BCUT2D eigenvalue weighted by atomic mass is 32.2. The van der Waals surface area contributed by atoms with Gasteiger partial charge in [-0.25, -0.2) is 8.42 Å². The summed E-state index contributed by atoms with van der Waals surface area (Å²) in [6.07, 6.45) is 1.31. The molecule has 0 aliphatic rings. The molecule has 1 N–H and O–H groups in total. The molecule has 0 aliphatic carbocycles. The van der Waals surface area contributed by atoms with Crippen molar-refractivity contribution in [1.29, 1.82) is 0 Å². The molecule has 1 unspecified atom stereocenters. The van der Waals surface area contributed by atoms with Gasteiger partial charge >= 0.3 is 0 Å². The van der Waals surface area contributed by atoms with Crippen LogP contribution in [0, 0.1) is 0 Å². The lowest BCUT2D eigenvalue weighted by Crippen LogP contribution is -2.44. The van der Waals surface area contributed by atoms with Gasteiger partial charge in [0, 0.05) is 11.0 Å². The predicted octanol–water partition coefficient (Wildman–Crippen LogP) is 3.38. The smallest absolute Gasteiger partial charge is 0.154 e. The Bertz CT molecular complexity index is 701. The monoisotopic (exact) mass is 311 g/mol.